The molecule has 0 aromatic rings. The average molecular weight is 170 g/mol. The van der Waals surface area contributed by atoms with Crippen LogP contribution in [0, 0.1) is 5.92 Å². The van der Waals surface area contributed by atoms with Crippen LogP contribution >= 0.6 is 0 Å². The van der Waals surface area contributed by atoms with Crippen LogP contribution in [0.15, 0.2) is 0 Å². The third-order valence-electron chi connectivity index (χ3n) is 1.76. The van der Waals surface area contributed by atoms with E-state index in [9.17, 15) is 13.2 Å². The van der Waals surface area contributed by atoms with E-state index in [2.05, 4.69) is 4.74 Å². The first-order valence-corrected chi connectivity index (χ1v) is 3.61. The SMILES string of the molecule is CC[C@H](C)C(C)OC(F)(F)F. The van der Waals surface area contributed by atoms with Crippen LogP contribution in [0.3, 0.4) is 0 Å². The molecule has 0 saturated heterocycles. The summed E-state index contributed by atoms with van der Waals surface area (Å²) < 4.78 is 38.5. The molecule has 0 aromatic heterocycles. The smallest absolute Gasteiger partial charge is 0.289 e. The summed E-state index contributed by atoms with van der Waals surface area (Å²) in [7, 11) is 0. The largest absolute Gasteiger partial charge is 0.522 e. The zero-order valence-electron chi connectivity index (χ0n) is 6.90. The number of alkyl halides is 3. The van der Waals surface area contributed by atoms with Gasteiger partial charge in [-0.3, -0.25) is 4.74 Å². The van der Waals surface area contributed by atoms with E-state index in [0.29, 0.717) is 6.42 Å². The van der Waals surface area contributed by atoms with Crippen LogP contribution in [0.5, 0.6) is 0 Å². The van der Waals surface area contributed by atoms with Crippen LogP contribution in [0.2, 0.25) is 0 Å². The van der Waals surface area contributed by atoms with Gasteiger partial charge in [0.15, 0.2) is 0 Å². The molecule has 0 N–H and O–H groups in total. The number of hydrogen-bond acceptors (Lipinski definition) is 1. The number of halogens is 3. The van der Waals surface area contributed by atoms with E-state index < -0.39 is 12.5 Å². The van der Waals surface area contributed by atoms with Gasteiger partial charge in [-0.1, -0.05) is 20.3 Å². The van der Waals surface area contributed by atoms with E-state index in [1.165, 1.54) is 6.92 Å². The van der Waals surface area contributed by atoms with Crippen molar-refractivity contribution < 1.29 is 17.9 Å². The van der Waals surface area contributed by atoms with Crippen molar-refractivity contribution in [2.45, 2.75) is 39.7 Å². The van der Waals surface area contributed by atoms with Gasteiger partial charge in [-0.2, -0.15) is 0 Å². The third-order valence-corrected chi connectivity index (χ3v) is 1.76. The molecule has 0 fully saturated rings. The molecule has 2 atom stereocenters. The normalized spacial score (nSPS) is 18.0. The fraction of sp³-hybridized carbons (Fsp3) is 1.00. The average Bonchev–Trinajstić information content (AvgIpc) is 1.82. The zero-order valence-corrected chi connectivity index (χ0v) is 6.90. The molecule has 1 unspecified atom stereocenters. The first-order chi connectivity index (χ1) is 4.87. The highest BCUT2D eigenvalue weighted by atomic mass is 19.4. The molecular weight excluding hydrogens is 157 g/mol. The lowest BCUT2D eigenvalue weighted by atomic mass is 10.0. The van der Waals surface area contributed by atoms with E-state index >= 15 is 0 Å². The lowest BCUT2D eigenvalue weighted by molar-refractivity contribution is -0.345. The summed E-state index contributed by atoms with van der Waals surface area (Å²) in [5, 5.41) is 0. The summed E-state index contributed by atoms with van der Waals surface area (Å²) in [5.74, 6) is -0.0587. The van der Waals surface area contributed by atoms with E-state index in [4.69, 9.17) is 0 Å². The number of hydrogen-bond donors (Lipinski definition) is 0. The van der Waals surface area contributed by atoms with Crippen molar-refractivity contribution in [1.82, 2.24) is 0 Å². The molecule has 0 bridgehead atoms. The Morgan fingerprint density at radius 2 is 1.73 bits per heavy atom. The second-order valence-corrected chi connectivity index (χ2v) is 2.65. The lowest BCUT2D eigenvalue weighted by Crippen LogP contribution is -2.26. The Balaban J connectivity index is 3.77. The van der Waals surface area contributed by atoms with Crippen LogP contribution in [0.25, 0.3) is 0 Å². The van der Waals surface area contributed by atoms with Crippen molar-refractivity contribution in [1.29, 1.82) is 0 Å². The van der Waals surface area contributed by atoms with Gasteiger partial charge in [0.25, 0.3) is 0 Å². The molecule has 0 aliphatic heterocycles. The van der Waals surface area contributed by atoms with Crippen LogP contribution < -0.4 is 0 Å². The fourth-order valence-corrected chi connectivity index (χ4v) is 0.659. The first-order valence-electron chi connectivity index (χ1n) is 3.61. The van der Waals surface area contributed by atoms with Crippen LogP contribution in [-0.2, 0) is 4.74 Å². The molecule has 0 saturated carbocycles. The van der Waals surface area contributed by atoms with Gasteiger partial charge in [0.1, 0.15) is 0 Å². The van der Waals surface area contributed by atoms with Crippen molar-refractivity contribution in [2.75, 3.05) is 0 Å². The Bertz CT molecular complexity index is 111. The van der Waals surface area contributed by atoms with Gasteiger partial charge in [-0.25, -0.2) is 0 Å². The maximum atomic E-state index is 11.6. The Morgan fingerprint density at radius 3 is 2.00 bits per heavy atom. The Labute approximate surface area is 64.5 Å². The number of ether oxygens (including phenoxy) is 1. The molecule has 0 rings (SSSR count). The highest BCUT2D eigenvalue weighted by molar-refractivity contribution is 4.58. The van der Waals surface area contributed by atoms with Gasteiger partial charge in [0, 0.05) is 0 Å². The molecule has 0 radical (unpaired) electrons. The molecule has 0 spiro atoms. The summed E-state index contributed by atoms with van der Waals surface area (Å²) in [6, 6.07) is 0. The Kier molecular flexibility index (Phi) is 3.86. The second-order valence-electron chi connectivity index (χ2n) is 2.65. The quantitative estimate of drug-likeness (QED) is 0.632. The molecule has 68 valence electrons. The monoisotopic (exact) mass is 170 g/mol. The second kappa shape index (κ2) is 3.95. The summed E-state index contributed by atoms with van der Waals surface area (Å²) in [4.78, 5) is 0. The van der Waals surface area contributed by atoms with Crippen molar-refractivity contribution in [3.8, 4) is 0 Å². The lowest BCUT2D eigenvalue weighted by Gasteiger charge is -2.19. The van der Waals surface area contributed by atoms with E-state index in [-0.39, 0.29) is 5.92 Å². The standard InChI is InChI=1S/C7H13F3O/c1-4-5(2)6(3)11-7(8,9)10/h5-6H,4H2,1-3H3/t5-,6?/m0/s1. The maximum Gasteiger partial charge on any atom is 0.522 e. The zero-order chi connectivity index (χ0) is 9.07. The summed E-state index contributed by atoms with van der Waals surface area (Å²) in [5.41, 5.74) is 0. The van der Waals surface area contributed by atoms with Gasteiger partial charge in [0.05, 0.1) is 6.10 Å². The minimum atomic E-state index is -4.50. The highest BCUT2D eigenvalue weighted by Crippen LogP contribution is 2.22. The summed E-state index contributed by atoms with van der Waals surface area (Å²) >= 11 is 0. The molecule has 4 heteroatoms. The van der Waals surface area contributed by atoms with Crippen molar-refractivity contribution in [3.63, 3.8) is 0 Å². The Morgan fingerprint density at radius 1 is 1.27 bits per heavy atom. The van der Waals surface area contributed by atoms with Gasteiger partial charge in [0.2, 0.25) is 0 Å². The van der Waals surface area contributed by atoms with Gasteiger partial charge < -0.3 is 0 Å². The molecule has 11 heavy (non-hydrogen) atoms. The summed E-state index contributed by atoms with van der Waals surface area (Å²) in [6.07, 6.45) is -4.56. The minimum Gasteiger partial charge on any atom is -0.289 e. The van der Waals surface area contributed by atoms with E-state index in [0.717, 1.165) is 0 Å². The Hall–Kier alpha value is -0.250. The van der Waals surface area contributed by atoms with Gasteiger partial charge >= 0.3 is 6.36 Å². The molecule has 0 aromatic carbocycles. The number of rotatable bonds is 3. The summed E-state index contributed by atoms with van der Waals surface area (Å²) in [6.45, 7) is 5.00. The highest BCUT2D eigenvalue weighted by Gasteiger charge is 2.33. The van der Waals surface area contributed by atoms with Gasteiger partial charge in [-0.15, -0.1) is 13.2 Å². The van der Waals surface area contributed by atoms with Crippen LogP contribution in [0.4, 0.5) is 13.2 Å². The molecule has 0 aliphatic carbocycles. The van der Waals surface area contributed by atoms with Crippen molar-refractivity contribution >= 4 is 0 Å². The maximum absolute atomic E-state index is 11.6. The first kappa shape index (κ1) is 10.8. The molecule has 1 nitrogen and oxygen atoms in total. The van der Waals surface area contributed by atoms with Crippen LogP contribution in [0.1, 0.15) is 27.2 Å². The van der Waals surface area contributed by atoms with E-state index in [1.54, 1.807) is 6.92 Å². The third kappa shape index (κ3) is 5.07. The predicted molar refractivity (Wildman–Crippen MR) is 36.1 cm³/mol. The molecule has 0 heterocycles. The van der Waals surface area contributed by atoms with E-state index in [1.807, 2.05) is 6.92 Å². The van der Waals surface area contributed by atoms with Crippen LogP contribution in [-0.4, -0.2) is 12.5 Å². The predicted octanol–water partition coefficient (Wildman–Crippen LogP) is 2.96. The molecule has 0 amide bonds. The molecular formula is C7H13F3O. The van der Waals surface area contributed by atoms with Gasteiger partial charge in [-0.05, 0) is 12.8 Å². The minimum absolute atomic E-state index is 0.0587. The topological polar surface area (TPSA) is 9.23 Å². The van der Waals surface area contributed by atoms with Crippen molar-refractivity contribution in [3.05, 3.63) is 0 Å². The molecule has 0 aliphatic rings. The fourth-order valence-electron chi connectivity index (χ4n) is 0.659. The van der Waals surface area contributed by atoms with Crippen molar-refractivity contribution in [2.24, 2.45) is 5.92 Å².